The maximum Gasteiger partial charge on any atom is 0.0235 e. The molecule has 50 valence electrons. The van der Waals surface area contributed by atoms with Gasteiger partial charge in [-0.25, -0.2) is 0 Å². The van der Waals surface area contributed by atoms with Crippen LogP contribution in [0.15, 0.2) is 23.8 Å². The molecule has 0 N–H and O–H groups in total. The highest BCUT2D eigenvalue weighted by Crippen LogP contribution is 2.16. The SMILES string of the molecule is CC(S)C1=CCCC=C1. The third kappa shape index (κ3) is 1.90. The second-order valence-corrected chi connectivity index (χ2v) is 3.13. The number of rotatable bonds is 1. The van der Waals surface area contributed by atoms with E-state index in [0.29, 0.717) is 5.25 Å². The molecule has 0 saturated heterocycles. The average Bonchev–Trinajstić information content (AvgIpc) is 1.90. The van der Waals surface area contributed by atoms with Crippen molar-refractivity contribution in [3.05, 3.63) is 23.8 Å². The molecule has 0 fully saturated rings. The molecule has 1 aliphatic carbocycles. The second-order valence-electron chi connectivity index (χ2n) is 2.36. The van der Waals surface area contributed by atoms with Gasteiger partial charge in [0.25, 0.3) is 0 Å². The Bertz CT molecular complexity index is 143. The minimum atomic E-state index is 0.404. The first-order valence-corrected chi connectivity index (χ1v) is 3.87. The topological polar surface area (TPSA) is 0 Å². The Labute approximate surface area is 62.1 Å². The van der Waals surface area contributed by atoms with Crippen molar-refractivity contribution in [2.24, 2.45) is 0 Å². The zero-order valence-corrected chi connectivity index (χ0v) is 6.57. The molecule has 1 aliphatic rings. The molecule has 0 aromatic heterocycles. The minimum absolute atomic E-state index is 0.404. The predicted octanol–water partition coefficient (Wildman–Crippen LogP) is 2.58. The van der Waals surface area contributed by atoms with Crippen molar-refractivity contribution >= 4 is 12.6 Å². The van der Waals surface area contributed by atoms with Gasteiger partial charge in [-0.1, -0.05) is 18.2 Å². The predicted molar refractivity (Wildman–Crippen MR) is 44.9 cm³/mol. The van der Waals surface area contributed by atoms with E-state index in [2.05, 4.69) is 37.8 Å². The van der Waals surface area contributed by atoms with Crippen molar-refractivity contribution in [1.82, 2.24) is 0 Å². The molecule has 0 radical (unpaired) electrons. The molecular weight excluding hydrogens is 128 g/mol. The molecule has 0 aromatic rings. The van der Waals surface area contributed by atoms with E-state index in [-0.39, 0.29) is 0 Å². The fraction of sp³-hybridized carbons (Fsp3) is 0.500. The highest BCUT2D eigenvalue weighted by atomic mass is 32.1. The first-order valence-electron chi connectivity index (χ1n) is 3.35. The smallest absolute Gasteiger partial charge is 0.0235 e. The van der Waals surface area contributed by atoms with Crippen molar-refractivity contribution in [1.29, 1.82) is 0 Å². The minimum Gasteiger partial charge on any atom is -0.171 e. The molecule has 1 rings (SSSR count). The Morgan fingerprint density at radius 3 is 2.67 bits per heavy atom. The van der Waals surface area contributed by atoms with Gasteiger partial charge in [0.05, 0.1) is 0 Å². The summed E-state index contributed by atoms with van der Waals surface area (Å²) in [5, 5.41) is 0.404. The first kappa shape index (κ1) is 6.94. The molecule has 1 heteroatoms. The number of hydrogen-bond acceptors (Lipinski definition) is 1. The van der Waals surface area contributed by atoms with Gasteiger partial charge >= 0.3 is 0 Å². The van der Waals surface area contributed by atoms with Crippen LogP contribution in [0, 0.1) is 0 Å². The van der Waals surface area contributed by atoms with Gasteiger partial charge in [0, 0.05) is 5.25 Å². The zero-order chi connectivity index (χ0) is 6.69. The first-order chi connectivity index (χ1) is 4.30. The third-order valence-electron chi connectivity index (χ3n) is 1.51. The van der Waals surface area contributed by atoms with Gasteiger partial charge in [0.15, 0.2) is 0 Å². The Hall–Kier alpha value is -0.170. The molecule has 9 heavy (non-hydrogen) atoms. The van der Waals surface area contributed by atoms with E-state index in [9.17, 15) is 0 Å². The van der Waals surface area contributed by atoms with Crippen LogP contribution in [0.5, 0.6) is 0 Å². The zero-order valence-electron chi connectivity index (χ0n) is 5.67. The van der Waals surface area contributed by atoms with Crippen LogP contribution in [0.3, 0.4) is 0 Å². The van der Waals surface area contributed by atoms with Crippen LogP contribution in [-0.2, 0) is 0 Å². The maximum absolute atomic E-state index is 4.32. The van der Waals surface area contributed by atoms with Crippen LogP contribution in [0.2, 0.25) is 0 Å². The maximum atomic E-state index is 4.32. The Morgan fingerprint density at radius 2 is 2.33 bits per heavy atom. The molecule has 0 aliphatic heterocycles. The largest absolute Gasteiger partial charge is 0.171 e. The monoisotopic (exact) mass is 140 g/mol. The van der Waals surface area contributed by atoms with Gasteiger partial charge in [-0.05, 0) is 25.3 Å². The summed E-state index contributed by atoms with van der Waals surface area (Å²) in [6.07, 6.45) is 9.03. The molecule has 0 aromatic carbocycles. The number of allylic oxidation sites excluding steroid dienone is 3. The van der Waals surface area contributed by atoms with E-state index >= 15 is 0 Å². The van der Waals surface area contributed by atoms with Crippen LogP contribution in [-0.4, -0.2) is 5.25 Å². The van der Waals surface area contributed by atoms with Crippen LogP contribution >= 0.6 is 12.6 Å². The summed E-state index contributed by atoms with van der Waals surface area (Å²) in [7, 11) is 0. The van der Waals surface area contributed by atoms with Crippen molar-refractivity contribution < 1.29 is 0 Å². The lowest BCUT2D eigenvalue weighted by Gasteiger charge is -2.08. The van der Waals surface area contributed by atoms with Crippen LogP contribution in [0.4, 0.5) is 0 Å². The Kier molecular flexibility index (Phi) is 2.40. The van der Waals surface area contributed by atoms with Crippen LogP contribution in [0.1, 0.15) is 19.8 Å². The van der Waals surface area contributed by atoms with Crippen molar-refractivity contribution in [2.45, 2.75) is 25.0 Å². The van der Waals surface area contributed by atoms with Crippen LogP contribution < -0.4 is 0 Å². The standard InChI is InChI=1S/C8H12S/c1-7(9)8-5-3-2-4-6-8/h3,5-7,9H,2,4H2,1H3. The molecule has 0 spiro atoms. The fourth-order valence-electron chi connectivity index (χ4n) is 0.943. The second kappa shape index (κ2) is 3.11. The van der Waals surface area contributed by atoms with Crippen molar-refractivity contribution in [3.8, 4) is 0 Å². The lowest BCUT2D eigenvalue weighted by molar-refractivity contribution is 0.992. The molecule has 0 heterocycles. The van der Waals surface area contributed by atoms with E-state index in [1.807, 2.05) is 0 Å². The van der Waals surface area contributed by atoms with Gasteiger partial charge in [0.1, 0.15) is 0 Å². The van der Waals surface area contributed by atoms with Crippen molar-refractivity contribution in [2.75, 3.05) is 0 Å². The summed E-state index contributed by atoms with van der Waals surface area (Å²) in [6.45, 7) is 2.10. The highest BCUT2D eigenvalue weighted by Gasteiger charge is 2.00. The highest BCUT2D eigenvalue weighted by molar-refractivity contribution is 7.81. The summed E-state index contributed by atoms with van der Waals surface area (Å²) in [4.78, 5) is 0. The molecular formula is C8H12S. The van der Waals surface area contributed by atoms with E-state index in [0.717, 1.165) is 0 Å². The van der Waals surface area contributed by atoms with Gasteiger partial charge in [0.2, 0.25) is 0 Å². The molecule has 0 saturated carbocycles. The molecule has 1 unspecified atom stereocenters. The van der Waals surface area contributed by atoms with Gasteiger partial charge in [-0.15, -0.1) is 0 Å². The molecule has 1 atom stereocenters. The quantitative estimate of drug-likeness (QED) is 0.532. The molecule has 0 nitrogen and oxygen atoms in total. The third-order valence-corrected chi connectivity index (χ3v) is 1.80. The molecule has 0 bridgehead atoms. The van der Waals surface area contributed by atoms with Gasteiger partial charge in [-0.2, -0.15) is 12.6 Å². The summed E-state index contributed by atoms with van der Waals surface area (Å²) in [5.74, 6) is 0. The lowest BCUT2D eigenvalue weighted by Crippen LogP contribution is -1.96. The summed E-state index contributed by atoms with van der Waals surface area (Å²) >= 11 is 4.32. The van der Waals surface area contributed by atoms with Crippen LogP contribution in [0.25, 0.3) is 0 Å². The fourth-order valence-corrected chi connectivity index (χ4v) is 1.13. The average molecular weight is 140 g/mol. The van der Waals surface area contributed by atoms with Crippen molar-refractivity contribution in [3.63, 3.8) is 0 Å². The van der Waals surface area contributed by atoms with E-state index in [4.69, 9.17) is 0 Å². The van der Waals surface area contributed by atoms with Gasteiger partial charge < -0.3 is 0 Å². The molecule has 0 amide bonds. The summed E-state index contributed by atoms with van der Waals surface area (Å²) in [5.41, 5.74) is 1.37. The number of thiol groups is 1. The summed E-state index contributed by atoms with van der Waals surface area (Å²) < 4.78 is 0. The van der Waals surface area contributed by atoms with E-state index in [1.165, 1.54) is 18.4 Å². The Morgan fingerprint density at radius 1 is 1.56 bits per heavy atom. The van der Waals surface area contributed by atoms with E-state index in [1.54, 1.807) is 0 Å². The van der Waals surface area contributed by atoms with Gasteiger partial charge in [-0.3, -0.25) is 0 Å². The Balaban J connectivity index is 2.58. The number of hydrogen-bond donors (Lipinski definition) is 1. The van der Waals surface area contributed by atoms with E-state index < -0.39 is 0 Å². The summed E-state index contributed by atoms with van der Waals surface area (Å²) in [6, 6.07) is 0. The normalized spacial score (nSPS) is 21.3. The lowest BCUT2D eigenvalue weighted by atomic mass is 10.1.